The summed E-state index contributed by atoms with van der Waals surface area (Å²) < 4.78 is 19.0. The zero-order valence-electron chi connectivity index (χ0n) is 17.6. The Labute approximate surface area is 198 Å². The Kier molecular flexibility index (Phi) is 5.28. The molecular formula is C24H15AlN6O3. The molecule has 0 atom stereocenters. The highest BCUT2D eigenvalue weighted by Crippen LogP contribution is 2.28. The van der Waals surface area contributed by atoms with E-state index in [1.54, 1.807) is 37.2 Å². The summed E-state index contributed by atoms with van der Waals surface area (Å²) in [5, 5.41) is 0. The van der Waals surface area contributed by atoms with Gasteiger partial charge in [-0.1, -0.05) is 18.2 Å². The van der Waals surface area contributed by atoms with Crippen LogP contribution in [0.15, 0.2) is 91.8 Å². The van der Waals surface area contributed by atoms with Crippen LogP contribution in [0.3, 0.4) is 0 Å². The number of aromatic nitrogens is 6. The molecule has 162 valence electrons. The molecule has 0 N–H and O–H groups in total. The minimum absolute atomic E-state index is 0.514. The molecule has 0 saturated heterocycles. The average molecular weight is 462 g/mol. The van der Waals surface area contributed by atoms with E-state index in [9.17, 15) is 0 Å². The fraction of sp³-hybridized carbons (Fsp3) is 0. The predicted octanol–water partition coefficient (Wildman–Crippen LogP) is 4.04. The zero-order valence-corrected chi connectivity index (χ0v) is 18.8. The molecule has 0 radical (unpaired) electrons. The number of hydrogen-bond donors (Lipinski definition) is 0. The molecule has 3 aromatic carbocycles. The third-order valence-electron chi connectivity index (χ3n) is 5.05. The van der Waals surface area contributed by atoms with Crippen molar-refractivity contribution in [2.45, 2.75) is 0 Å². The van der Waals surface area contributed by atoms with Crippen molar-refractivity contribution in [3.05, 3.63) is 91.8 Å². The van der Waals surface area contributed by atoms with Crippen molar-refractivity contribution in [3.8, 4) is 17.2 Å². The largest absolute Gasteiger partial charge is 1.20 e. The highest BCUT2D eigenvalue weighted by atomic mass is 27.3. The molecule has 9 nitrogen and oxygen atoms in total. The highest BCUT2D eigenvalue weighted by molar-refractivity contribution is 6.40. The SMILES string of the molecule is c1cc([O][Al]([O]c2cccc3nccnc23)[O]c2cccc3nccnc23)c2nccnc2c1. The first-order valence-electron chi connectivity index (χ1n) is 10.4. The molecule has 6 aromatic rings. The topological polar surface area (TPSA) is 105 Å². The summed E-state index contributed by atoms with van der Waals surface area (Å²) in [5.74, 6) is 1.54. The Morgan fingerprint density at radius 1 is 0.412 bits per heavy atom. The van der Waals surface area contributed by atoms with Crippen LogP contribution in [0, 0.1) is 0 Å². The van der Waals surface area contributed by atoms with Gasteiger partial charge in [0.15, 0.2) is 0 Å². The second-order valence-corrected chi connectivity index (χ2v) is 8.47. The van der Waals surface area contributed by atoms with Gasteiger partial charge in [-0.05, 0) is 36.4 Å². The van der Waals surface area contributed by atoms with Crippen molar-refractivity contribution < 1.29 is 11.4 Å². The highest BCUT2D eigenvalue weighted by Gasteiger charge is 2.46. The van der Waals surface area contributed by atoms with Crippen LogP contribution in [0.5, 0.6) is 17.2 Å². The molecule has 0 aliphatic carbocycles. The molecule has 0 aliphatic rings. The van der Waals surface area contributed by atoms with Crippen LogP contribution in [-0.4, -0.2) is 45.1 Å². The van der Waals surface area contributed by atoms with Gasteiger partial charge in [0.2, 0.25) is 0 Å². The van der Waals surface area contributed by atoms with E-state index in [-0.39, 0.29) is 0 Å². The number of benzene rings is 3. The molecule has 3 heterocycles. The minimum atomic E-state index is -2.94. The Balaban J connectivity index is 1.42. The summed E-state index contributed by atoms with van der Waals surface area (Å²) in [7, 11) is 0. The third-order valence-corrected chi connectivity index (χ3v) is 6.39. The average Bonchev–Trinajstić information content (AvgIpc) is 2.89. The van der Waals surface area contributed by atoms with E-state index in [1.165, 1.54) is 0 Å². The van der Waals surface area contributed by atoms with Gasteiger partial charge in [0, 0.05) is 37.2 Å². The van der Waals surface area contributed by atoms with Gasteiger partial charge in [0.25, 0.3) is 0 Å². The van der Waals surface area contributed by atoms with Crippen molar-refractivity contribution in [3.63, 3.8) is 0 Å². The van der Waals surface area contributed by atoms with Crippen LogP contribution in [0.4, 0.5) is 0 Å². The summed E-state index contributed by atoms with van der Waals surface area (Å²) >= 11 is -2.94. The second-order valence-electron chi connectivity index (χ2n) is 7.18. The van der Waals surface area contributed by atoms with Crippen molar-refractivity contribution >= 4 is 48.2 Å². The van der Waals surface area contributed by atoms with Gasteiger partial charge in [-0.2, -0.15) is 0 Å². The van der Waals surface area contributed by atoms with E-state index in [0.717, 1.165) is 0 Å². The quantitative estimate of drug-likeness (QED) is 0.339. The molecule has 0 saturated carbocycles. The Hall–Kier alpha value is -4.39. The normalized spacial score (nSPS) is 10.9. The second kappa shape index (κ2) is 8.86. The van der Waals surface area contributed by atoms with Crippen molar-refractivity contribution in [2.24, 2.45) is 0 Å². The van der Waals surface area contributed by atoms with E-state index in [0.29, 0.717) is 50.3 Å². The lowest BCUT2D eigenvalue weighted by Gasteiger charge is -2.18. The molecule has 10 heteroatoms. The van der Waals surface area contributed by atoms with E-state index in [4.69, 9.17) is 11.4 Å². The Bertz CT molecular complexity index is 1420. The maximum Gasteiger partial charge on any atom is 1.20 e. The maximum atomic E-state index is 6.33. The number of rotatable bonds is 6. The number of para-hydroxylation sites is 3. The molecular weight excluding hydrogens is 447 g/mol. The minimum Gasteiger partial charge on any atom is -0.576 e. The molecule has 0 unspecified atom stereocenters. The number of hydrogen-bond acceptors (Lipinski definition) is 9. The van der Waals surface area contributed by atoms with Gasteiger partial charge in [-0.15, -0.1) is 0 Å². The van der Waals surface area contributed by atoms with Gasteiger partial charge in [-0.3, -0.25) is 15.0 Å². The zero-order chi connectivity index (χ0) is 22.7. The summed E-state index contributed by atoms with van der Waals surface area (Å²) in [6, 6.07) is 16.6. The standard InChI is InChI=1S/3C8H6N2O.Al/c3*11-7-3-1-2-6-8(7)10-5-4-9-6;/h3*1-5,11H;/q;;;+3/p-3. The fourth-order valence-electron chi connectivity index (χ4n) is 3.57. The molecule has 3 aromatic heterocycles. The van der Waals surface area contributed by atoms with Gasteiger partial charge in [0.05, 0.1) is 16.6 Å². The van der Waals surface area contributed by atoms with E-state index in [2.05, 4.69) is 29.9 Å². The summed E-state index contributed by atoms with van der Waals surface area (Å²) in [6.45, 7) is 0. The first kappa shape index (κ1) is 20.2. The molecule has 34 heavy (non-hydrogen) atoms. The summed E-state index contributed by atoms with van der Waals surface area (Å²) in [5.41, 5.74) is 3.97. The summed E-state index contributed by atoms with van der Waals surface area (Å²) in [4.78, 5) is 26.3. The van der Waals surface area contributed by atoms with Crippen LogP contribution >= 0.6 is 0 Å². The van der Waals surface area contributed by atoms with Crippen molar-refractivity contribution in [2.75, 3.05) is 0 Å². The van der Waals surface area contributed by atoms with Crippen LogP contribution in [0.1, 0.15) is 0 Å². The molecule has 0 amide bonds. The van der Waals surface area contributed by atoms with Gasteiger partial charge < -0.3 is 11.4 Å². The lowest BCUT2D eigenvalue weighted by Crippen LogP contribution is -2.37. The first-order chi connectivity index (χ1) is 16.8. The lowest BCUT2D eigenvalue weighted by molar-refractivity contribution is 0.311. The van der Waals surface area contributed by atoms with E-state index >= 15 is 0 Å². The number of nitrogens with zero attached hydrogens (tertiary/aromatic N) is 6. The lowest BCUT2D eigenvalue weighted by atomic mass is 10.3. The molecule has 0 spiro atoms. The molecule has 0 aliphatic heterocycles. The van der Waals surface area contributed by atoms with Crippen LogP contribution < -0.4 is 11.4 Å². The third kappa shape index (κ3) is 3.92. The Morgan fingerprint density at radius 2 is 0.735 bits per heavy atom. The van der Waals surface area contributed by atoms with Crippen molar-refractivity contribution in [1.82, 2.24) is 29.9 Å². The van der Waals surface area contributed by atoms with Gasteiger partial charge >= 0.3 is 15.1 Å². The van der Waals surface area contributed by atoms with Crippen LogP contribution in [0.25, 0.3) is 33.1 Å². The van der Waals surface area contributed by atoms with Crippen LogP contribution in [0.2, 0.25) is 0 Å². The monoisotopic (exact) mass is 462 g/mol. The van der Waals surface area contributed by atoms with Gasteiger partial charge in [-0.25, -0.2) is 15.0 Å². The van der Waals surface area contributed by atoms with E-state index in [1.807, 2.05) is 54.6 Å². The van der Waals surface area contributed by atoms with Crippen LogP contribution in [-0.2, 0) is 0 Å². The van der Waals surface area contributed by atoms with E-state index < -0.39 is 15.1 Å². The van der Waals surface area contributed by atoms with Gasteiger partial charge in [0.1, 0.15) is 33.8 Å². The maximum absolute atomic E-state index is 6.33. The Morgan fingerprint density at radius 3 is 1.09 bits per heavy atom. The molecule has 6 rings (SSSR count). The molecule has 0 bridgehead atoms. The van der Waals surface area contributed by atoms with Crippen molar-refractivity contribution in [1.29, 1.82) is 0 Å². The first-order valence-corrected chi connectivity index (χ1v) is 11.9. The predicted molar refractivity (Wildman–Crippen MR) is 126 cm³/mol. The summed E-state index contributed by atoms with van der Waals surface area (Å²) in [6.07, 6.45) is 9.77. The number of fused-ring (bicyclic) bond motifs is 3. The fourth-order valence-corrected chi connectivity index (χ4v) is 4.90. The smallest absolute Gasteiger partial charge is 0.576 e. The molecule has 0 fully saturated rings.